The lowest BCUT2D eigenvalue weighted by Crippen LogP contribution is -1.99. The highest BCUT2D eigenvalue weighted by atomic mass is 79.9. The number of imidazole rings is 1. The van der Waals surface area contributed by atoms with Gasteiger partial charge in [0, 0.05) is 0 Å². The fourth-order valence-electron chi connectivity index (χ4n) is 1.28. The maximum absolute atomic E-state index is 4.26. The summed E-state index contributed by atoms with van der Waals surface area (Å²) < 4.78 is 4.60. The second kappa shape index (κ2) is 4.80. The molecular weight excluding hydrogens is 388 g/mol. The van der Waals surface area contributed by atoms with Crippen molar-refractivity contribution in [3.8, 4) is 0 Å². The van der Waals surface area contributed by atoms with Crippen LogP contribution in [0.5, 0.6) is 0 Å². The Hall–Kier alpha value is -0.130. The number of halogens is 3. The molecule has 1 aromatic carbocycles. The normalized spacial score (nSPS) is 10.6. The van der Waals surface area contributed by atoms with Crippen LogP contribution >= 0.6 is 47.8 Å². The minimum Gasteiger partial charge on any atom is -0.308 e. The third-order valence-corrected chi connectivity index (χ3v) is 4.50. The number of rotatable bonds is 2. The van der Waals surface area contributed by atoms with Crippen LogP contribution in [0.1, 0.15) is 5.56 Å². The van der Waals surface area contributed by atoms with E-state index in [0.717, 1.165) is 20.5 Å². The van der Waals surface area contributed by atoms with Crippen LogP contribution in [0.25, 0.3) is 0 Å². The van der Waals surface area contributed by atoms with Crippen molar-refractivity contribution in [2.24, 2.45) is 0 Å². The Morgan fingerprint density at radius 1 is 1.07 bits per heavy atom. The van der Waals surface area contributed by atoms with Crippen molar-refractivity contribution in [3.05, 3.63) is 49.8 Å². The van der Waals surface area contributed by atoms with Gasteiger partial charge in [-0.15, -0.1) is 0 Å². The molecule has 0 fully saturated rings. The Morgan fingerprint density at radius 2 is 1.73 bits per heavy atom. The van der Waals surface area contributed by atoms with Crippen LogP contribution in [-0.2, 0) is 6.54 Å². The molecule has 1 heterocycles. The van der Waals surface area contributed by atoms with Crippen LogP contribution in [0.3, 0.4) is 0 Å². The lowest BCUT2D eigenvalue weighted by Gasteiger charge is -2.05. The Kier molecular flexibility index (Phi) is 3.64. The molecule has 0 aliphatic heterocycles. The van der Waals surface area contributed by atoms with Gasteiger partial charge < -0.3 is 4.57 Å². The number of aromatic nitrogens is 2. The summed E-state index contributed by atoms with van der Waals surface area (Å²) in [6.45, 7) is 0.792. The van der Waals surface area contributed by atoms with E-state index in [0.29, 0.717) is 0 Å². The number of nitrogens with zero attached hydrogens (tertiary/aromatic N) is 2. The SMILES string of the molecule is Brc1nc(Br)n(Cc2ccccc2)c1Br. The summed E-state index contributed by atoms with van der Waals surface area (Å²) in [7, 11) is 0. The van der Waals surface area contributed by atoms with E-state index in [-0.39, 0.29) is 0 Å². The van der Waals surface area contributed by atoms with E-state index in [2.05, 4.69) is 64.9 Å². The summed E-state index contributed by atoms with van der Waals surface area (Å²) in [6.07, 6.45) is 0. The zero-order chi connectivity index (χ0) is 10.8. The molecule has 0 unspecified atom stereocenters. The Morgan fingerprint density at radius 3 is 2.27 bits per heavy atom. The van der Waals surface area contributed by atoms with Gasteiger partial charge in [0.2, 0.25) is 0 Å². The molecule has 0 saturated carbocycles. The molecular formula is C10H7Br3N2. The third-order valence-electron chi connectivity index (χ3n) is 2.00. The number of benzene rings is 1. The predicted molar refractivity (Wildman–Crippen MR) is 70.9 cm³/mol. The quantitative estimate of drug-likeness (QED) is 0.745. The largest absolute Gasteiger partial charge is 0.308 e. The molecule has 0 radical (unpaired) electrons. The minimum absolute atomic E-state index is 0.792. The summed E-state index contributed by atoms with van der Waals surface area (Å²) >= 11 is 10.3. The molecule has 2 nitrogen and oxygen atoms in total. The van der Waals surface area contributed by atoms with Gasteiger partial charge in [-0.2, -0.15) is 0 Å². The molecule has 0 N–H and O–H groups in total. The smallest absolute Gasteiger partial charge is 0.179 e. The van der Waals surface area contributed by atoms with Crippen molar-refractivity contribution in [3.63, 3.8) is 0 Å². The van der Waals surface area contributed by atoms with E-state index in [4.69, 9.17) is 0 Å². The van der Waals surface area contributed by atoms with Crippen LogP contribution in [0.4, 0.5) is 0 Å². The van der Waals surface area contributed by atoms with Crippen LogP contribution in [-0.4, -0.2) is 9.55 Å². The molecule has 5 heteroatoms. The minimum atomic E-state index is 0.792. The fraction of sp³-hybridized carbons (Fsp3) is 0.100. The molecule has 0 bridgehead atoms. The van der Waals surface area contributed by atoms with Gasteiger partial charge in [0.1, 0.15) is 9.21 Å². The second-order valence-electron chi connectivity index (χ2n) is 3.03. The first kappa shape index (κ1) is 11.4. The first-order valence-electron chi connectivity index (χ1n) is 4.29. The molecule has 2 aromatic rings. The van der Waals surface area contributed by atoms with Crippen molar-refractivity contribution >= 4 is 47.8 Å². The first-order chi connectivity index (χ1) is 7.18. The van der Waals surface area contributed by atoms with Gasteiger partial charge in [-0.25, -0.2) is 4.98 Å². The third kappa shape index (κ3) is 2.52. The maximum Gasteiger partial charge on any atom is 0.179 e. The van der Waals surface area contributed by atoms with Crippen molar-refractivity contribution in [1.29, 1.82) is 0 Å². The van der Waals surface area contributed by atoms with Crippen LogP contribution in [0.2, 0.25) is 0 Å². The predicted octanol–water partition coefficient (Wildman–Crippen LogP) is 4.22. The monoisotopic (exact) mass is 392 g/mol. The van der Waals surface area contributed by atoms with Gasteiger partial charge in [0.15, 0.2) is 4.73 Å². The van der Waals surface area contributed by atoms with E-state index in [9.17, 15) is 0 Å². The average Bonchev–Trinajstić information content (AvgIpc) is 2.47. The van der Waals surface area contributed by atoms with E-state index < -0.39 is 0 Å². The van der Waals surface area contributed by atoms with E-state index in [1.165, 1.54) is 5.56 Å². The molecule has 0 aliphatic carbocycles. The summed E-state index contributed by atoms with van der Waals surface area (Å²) in [5, 5.41) is 0. The first-order valence-corrected chi connectivity index (χ1v) is 6.67. The maximum atomic E-state index is 4.26. The Balaban J connectivity index is 2.32. The summed E-state index contributed by atoms with van der Waals surface area (Å²) in [5.74, 6) is 0. The number of hydrogen-bond donors (Lipinski definition) is 0. The van der Waals surface area contributed by atoms with Crippen molar-refractivity contribution in [2.45, 2.75) is 6.54 Å². The topological polar surface area (TPSA) is 17.8 Å². The van der Waals surface area contributed by atoms with Gasteiger partial charge in [-0.1, -0.05) is 30.3 Å². The van der Waals surface area contributed by atoms with Crippen molar-refractivity contribution < 1.29 is 0 Å². The standard InChI is InChI=1S/C10H7Br3N2/c11-8-9(12)15(10(13)14-8)6-7-4-2-1-3-5-7/h1-5H,6H2. The van der Waals surface area contributed by atoms with E-state index in [1.807, 2.05) is 22.8 Å². The lowest BCUT2D eigenvalue weighted by molar-refractivity contribution is 0.758. The molecule has 0 aliphatic rings. The molecule has 0 saturated heterocycles. The van der Waals surface area contributed by atoms with Crippen LogP contribution in [0.15, 0.2) is 44.3 Å². The molecule has 1 aromatic heterocycles. The number of hydrogen-bond acceptors (Lipinski definition) is 1. The van der Waals surface area contributed by atoms with Crippen LogP contribution in [0, 0.1) is 0 Å². The summed E-state index contributed by atoms with van der Waals surface area (Å²) in [4.78, 5) is 4.26. The highest BCUT2D eigenvalue weighted by Gasteiger charge is 2.10. The van der Waals surface area contributed by atoms with Gasteiger partial charge in [0.05, 0.1) is 6.54 Å². The van der Waals surface area contributed by atoms with Gasteiger partial charge in [-0.3, -0.25) is 0 Å². The average molecular weight is 395 g/mol. The second-order valence-corrected chi connectivity index (χ2v) is 5.25. The lowest BCUT2D eigenvalue weighted by atomic mass is 10.2. The highest BCUT2D eigenvalue weighted by Crippen LogP contribution is 2.27. The molecule has 0 amide bonds. The van der Waals surface area contributed by atoms with Gasteiger partial charge >= 0.3 is 0 Å². The fourth-order valence-corrected chi connectivity index (χ4v) is 3.00. The van der Waals surface area contributed by atoms with Crippen molar-refractivity contribution in [2.75, 3.05) is 0 Å². The summed E-state index contributed by atoms with van der Waals surface area (Å²) in [6, 6.07) is 10.3. The Labute approximate surface area is 113 Å². The molecule has 0 atom stereocenters. The van der Waals surface area contributed by atoms with Gasteiger partial charge in [-0.05, 0) is 53.4 Å². The van der Waals surface area contributed by atoms with E-state index >= 15 is 0 Å². The van der Waals surface area contributed by atoms with Gasteiger partial charge in [0.25, 0.3) is 0 Å². The molecule has 0 spiro atoms. The van der Waals surface area contributed by atoms with Crippen molar-refractivity contribution in [1.82, 2.24) is 9.55 Å². The molecule has 78 valence electrons. The van der Waals surface area contributed by atoms with Crippen LogP contribution < -0.4 is 0 Å². The zero-order valence-electron chi connectivity index (χ0n) is 7.62. The zero-order valence-corrected chi connectivity index (χ0v) is 12.4. The molecule has 2 rings (SSSR count). The molecule has 15 heavy (non-hydrogen) atoms. The summed E-state index contributed by atoms with van der Waals surface area (Å²) in [5.41, 5.74) is 1.24. The highest BCUT2D eigenvalue weighted by molar-refractivity contribution is 9.13. The Bertz CT molecular complexity index is 465. The van der Waals surface area contributed by atoms with E-state index in [1.54, 1.807) is 0 Å².